The first-order valence-corrected chi connectivity index (χ1v) is 6.33. The van der Waals surface area contributed by atoms with Crippen LogP contribution in [0, 0.1) is 0 Å². The van der Waals surface area contributed by atoms with Crippen LogP contribution in [0.4, 0.5) is 0 Å². The highest BCUT2D eigenvalue weighted by Crippen LogP contribution is 2.17. The second-order valence-electron chi connectivity index (χ2n) is 4.64. The van der Waals surface area contributed by atoms with Crippen LogP contribution in [-0.2, 0) is 6.42 Å². The summed E-state index contributed by atoms with van der Waals surface area (Å²) < 4.78 is 0. The molecule has 1 aromatic heterocycles. The van der Waals surface area contributed by atoms with Gasteiger partial charge in [-0.3, -0.25) is 9.97 Å². The molecule has 5 atom stereocenters. The van der Waals surface area contributed by atoms with Crippen LogP contribution in [0.25, 0.3) is 0 Å². The van der Waals surface area contributed by atoms with Gasteiger partial charge in [-0.05, 0) is 0 Å². The van der Waals surface area contributed by atoms with Crippen molar-refractivity contribution in [1.29, 1.82) is 0 Å². The lowest BCUT2D eigenvalue weighted by Gasteiger charge is -2.21. The molecule has 7 N–H and O–H groups in total. The predicted molar refractivity (Wildman–Crippen MR) is 68.9 cm³/mol. The molecule has 1 aromatic rings. The van der Waals surface area contributed by atoms with E-state index < -0.39 is 43.7 Å². The largest absolute Gasteiger partial charge is 0.394 e. The minimum Gasteiger partial charge on any atom is -0.394 e. The summed E-state index contributed by atoms with van der Waals surface area (Å²) in [5.74, 6) is 0. The Balaban J connectivity index is 2.80. The van der Waals surface area contributed by atoms with E-state index in [4.69, 9.17) is 10.2 Å². The number of rotatable bonds is 8. The maximum Gasteiger partial charge on any atom is 0.126 e. The van der Waals surface area contributed by atoms with Gasteiger partial charge in [-0.2, -0.15) is 0 Å². The third-order valence-electron chi connectivity index (χ3n) is 2.96. The third-order valence-corrected chi connectivity index (χ3v) is 2.96. The van der Waals surface area contributed by atoms with E-state index in [0.717, 1.165) is 6.20 Å². The minimum absolute atomic E-state index is 0.0572. The molecule has 0 aromatic carbocycles. The quantitative estimate of drug-likeness (QED) is 0.257. The van der Waals surface area contributed by atoms with Crippen molar-refractivity contribution in [2.75, 3.05) is 13.2 Å². The van der Waals surface area contributed by atoms with E-state index in [1.54, 1.807) is 0 Å². The third kappa shape index (κ3) is 4.93. The van der Waals surface area contributed by atoms with Crippen molar-refractivity contribution in [2.24, 2.45) is 0 Å². The van der Waals surface area contributed by atoms with Gasteiger partial charge in [0.25, 0.3) is 0 Å². The molecular formula is C12H20N2O7. The molecule has 9 heteroatoms. The highest BCUT2D eigenvalue weighted by atomic mass is 16.4. The number of aromatic nitrogens is 2. The zero-order valence-corrected chi connectivity index (χ0v) is 11.2. The lowest BCUT2D eigenvalue weighted by atomic mass is 10.1. The summed E-state index contributed by atoms with van der Waals surface area (Å²) in [7, 11) is 0. The van der Waals surface area contributed by atoms with Crippen LogP contribution in [0.1, 0.15) is 17.5 Å². The smallest absolute Gasteiger partial charge is 0.126 e. The van der Waals surface area contributed by atoms with Gasteiger partial charge < -0.3 is 35.7 Å². The first-order valence-electron chi connectivity index (χ1n) is 6.33. The number of aliphatic hydroxyl groups excluding tert-OH is 7. The summed E-state index contributed by atoms with van der Waals surface area (Å²) in [5.41, 5.74) is 0.162. The highest BCUT2D eigenvalue weighted by Gasteiger charge is 2.27. The first kappa shape index (κ1) is 17.9. The predicted octanol–water partition coefficient (Wildman–Crippen LogP) is -3.52. The maximum absolute atomic E-state index is 9.83. The molecule has 0 unspecified atom stereocenters. The summed E-state index contributed by atoms with van der Waals surface area (Å²) in [6.07, 6.45) is -5.01. The standard InChI is InChI=1S/C12H20N2O7/c15-4-9(18)8(17)1-6-2-13-3-7(14-6)11(20)12(21)10(19)5-16/h2-3,8-12,15-21H,1,4-5H2/t8-,9+,10+,11-,12+/m0/s1. The number of hydrogen-bond donors (Lipinski definition) is 7. The average Bonchev–Trinajstić information content (AvgIpc) is 2.51. The van der Waals surface area contributed by atoms with Crippen LogP contribution in [0.5, 0.6) is 0 Å². The van der Waals surface area contributed by atoms with Gasteiger partial charge in [-0.15, -0.1) is 0 Å². The fourth-order valence-electron chi connectivity index (χ4n) is 1.63. The average molecular weight is 304 g/mol. The van der Waals surface area contributed by atoms with Crippen LogP contribution in [0.2, 0.25) is 0 Å². The lowest BCUT2D eigenvalue weighted by molar-refractivity contribution is -0.0791. The Hall–Kier alpha value is -1.20. The van der Waals surface area contributed by atoms with Gasteiger partial charge >= 0.3 is 0 Å². The van der Waals surface area contributed by atoms with Crippen molar-refractivity contribution < 1.29 is 35.7 Å². The molecule has 0 aliphatic carbocycles. The van der Waals surface area contributed by atoms with Gasteiger partial charge in [-0.1, -0.05) is 0 Å². The Labute approximate surface area is 120 Å². The van der Waals surface area contributed by atoms with Crippen molar-refractivity contribution in [3.63, 3.8) is 0 Å². The van der Waals surface area contributed by atoms with E-state index in [2.05, 4.69) is 9.97 Å². The van der Waals surface area contributed by atoms with Crippen molar-refractivity contribution in [2.45, 2.75) is 36.9 Å². The molecule has 0 fully saturated rings. The van der Waals surface area contributed by atoms with Crippen molar-refractivity contribution in [1.82, 2.24) is 9.97 Å². The molecule has 120 valence electrons. The second-order valence-corrected chi connectivity index (χ2v) is 4.64. The zero-order chi connectivity index (χ0) is 16.0. The summed E-state index contributed by atoms with van der Waals surface area (Å²) in [4.78, 5) is 7.73. The monoisotopic (exact) mass is 304 g/mol. The van der Waals surface area contributed by atoms with Gasteiger partial charge in [0.1, 0.15) is 24.4 Å². The van der Waals surface area contributed by atoms with E-state index in [1.807, 2.05) is 0 Å². The Morgan fingerprint density at radius 3 is 2.05 bits per heavy atom. The van der Waals surface area contributed by atoms with Crippen LogP contribution in [-0.4, -0.2) is 83.3 Å². The molecule has 1 rings (SSSR count). The SMILES string of the molecule is OC[C@@H](O)[C@@H](O)[C@@H](O)c1cncc(C[C@H](O)[C@H](O)CO)n1. The van der Waals surface area contributed by atoms with Crippen LogP contribution >= 0.6 is 0 Å². The molecule has 0 amide bonds. The molecule has 21 heavy (non-hydrogen) atoms. The normalized spacial score (nSPS) is 18.8. The number of nitrogens with zero attached hydrogens (tertiary/aromatic N) is 2. The molecule has 0 radical (unpaired) electrons. The molecule has 0 spiro atoms. The van der Waals surface area contributed by atoms with E-state index in [0.29, 0.717) is 0 Å². The van der Waals surface area contributed by atoms with E-state index in [-0.39, 0.29) is 17.8 Å². The van der Waals surface area contributed by atoms with Gasteiger partial charge in [0.2, 0.25) is 0 Å². The first-order chi connectivity index (χ1) is 9.90. The maximum atomic E-state index is 9.83. The fourth-order valence-corrected chi connectivity index (χ4v) is 1.63. The minimum atomic E-state index is -1.65. The number of aliphatic hydroxyl groups is 7. The molecule has 9 nitrogen and oxygen atoms in total. The van der Waals surface area contributed by atoms with Gasteiger partial charge in [0.05, 0.1) is 36.9 Å². The summed E-state index contributed by atoms with van der Waals surface area (Å²) in [6.45, 7) is -1.34. The summed E-state index contributed by atoms with van der Waals surface area (Å²) >= 11 is 0. The Kier molecular flexibility index (Phi) is 7.05. The van der Waals surface area contributed by atoms with Crippen LogP contribution in [0.15, 0.2) is 12.4 Å². The fraction of sp³-hybridized carbons (Fsp3) is 0.667. The molecule has 0 bridgehead atoms. The number of hydrogen-bond acceptors (Lipinski definition) is 9. The van der Waals surface area contributed by atoms with Crippen LogP contribution < -0.4 is 0 Å². The molecule has 1 heterocycles. The van der Waals surface area contributed by atoms with Crippen LogP contribution in [0.3, 0.4) is 0 Å². The van der Waals surface area contributed by atoms with Crippen molar-refractivity contribution in [3.05, 3.63) is 23.8 Å². The van der Waals surface area contributed by atoms with E-state index in [9.17, 15) is 25.5 Å². The molecular weight excluding hydrogens is 284 g/mol. The molecule has 0 aliphatic rings. The topological polar surface area (TPSA) is 167 Å². The van der Waals surface area contributed by atoms with Gasteiger partial charge in [0, 0.05) is 12.6 Å². The molecule has 0 aliphatic heterocycles. The zero-order valence-electron chi connectivity index (χ0n) is 11.2. The lowest BCUT2D eigenvalue weighted by Crippen LogP contribution is -2.35. The summed E-state index contributed by atoms with van der Waals surface area (Å²) in [6, 6.07) is 0. The van der Waals surface area contributed by atoms with Gasteiger partial charge in [-0.25, -0.2) is 0 Å². The Bertz CT molecular complexity index is 434. The Morgan fingerprint density at radius 2 is 1.48 bits per heavy atom. The highest BCUT2D eigenvalue weighted by molar-refractivity contribution is 5.09. The van der Waals surface area contributed by atoms with E-state index in [1.165, 1.54) is 6.20 Å². The Morgan fingerprint density at radius 1 is 0.857 bits per heavy atom. The molecule has 0 saturated heterocycles. The second kappa shape index (κ2) is 8.29. The molecule has 0 saturated carbocycles. The van der Waals surface area contributed by atoms with Crippen molar-refractivity contribution in [3.8, 4) is 0 Å². The van der Waals surface area contributed by atoms with Gasteiger partial charge in [0.15, 0.2) is 0 Å². The van der Waals surface area contributed by atoms with Crippen molar-refractivity contribution >= 4 is 0 Å². The summed E-state index contributed by atoms with van der Waals surface area (Å²) in [5, 5.41) is 65.0. The van der Waals surface area contributed by atoms with E-state index >= 15 is 0 Å².